The summed E-state index contributed by atoms with van der Waals surface area (Å²) in [7, 11) is 0. The zero-order valence-corrected chi connectivity index (χ0v) is 63.1. The zero-order chi connectivity index (χ0) is 68.8. The van der Waals surface area contributed by atoms with E-state index in [0.717, 1.165) is 38.5 Å². The first-order valence-corrected chi connectivity index (χ1v) is 36.9. The molecule has 0 spiro atoms. The van der Waals surface area contributed by atoms with Gasteiger partial charge in [-0.05, 0) is 230 Å². The lowest BCUT2D eigenvalue weighted by molar-refractivity contribution is 0.473. The molecule has 0 atom stereocenters. The summed E-state index contributed by atoms with van der Waals surface area (Å²) >= 11 is 0. The standard InChI is InChI=1S/C93H105B3/c1-25-91(26-2)76-34-31-70(94(85-58(13)37-52(7)38-59(85)14)86-60(15)39-53(8)40-61(86)16)49-73(76)79-82(91)80-74-50-71(95(87-62(17)41-54(9)42-63(87)18)88-64(19)43-55(10)44-65(88)20)32-35-77(74)92(27-3,28-4)84(80)81-75-51-72(33-36-78(75)93(29-5,30-6)83(79)81)96(89-66(21)45-56(11)46-67(89)22)90-68(23)47-57(12)48-69(90)24/h31-51H,25-30H2,1-24H3. The Labute approximate surface area is 580 Å². The van der Waals surface area contributed by atoms with E-state index in [2.05, 4.69) is 294 Å². The average Bonchev–Trinajstić information content (AvgIpc) is 1.48. The van der Waals surface area contributed by atoms with Crippen molar-refractivity contribution in [3.63, 3.8) is 0 Å². The quantitative estimate of drug-likeness (QED) is 0.0898. The van der Waals surface area contributed by atoms with Crippen LogP contribution in [0.4, 0.5) is 0 Å². The lowest BCUT2D eigenvalue weighted by Gasteiger charge is -2.37. The van der Waals surface area contributed by atoms with E-state index < -0.39 is 0 Å². The summed E-state index contributed by atoms with van der Waals surface area (Å²) in [5.74, 6) is 0. The molecule has 0 unspecified atom stereocenters. The second kappa shape index (κ2) is 24.4. The van der Waals surface area contributed by atoms with Crippen molar-refractivity contribution in [1.82, 2.24) is 0 Å². The number of benzene rings is 10. The molecular formula is C93H105B3. The molecule has 0 nitrogen and oxygen atoms in total. The third-order valence-electron chi connectivity index (χ3n) is 25.2. The normalized spacial score (nSPS) is 14.1. The summed E-state index contributed by atoms with van der Waals surface area (Å²) in [6, 6.07) is 53.4. The molecule has 0 bridgehead atoms. The van der Waals surface area contributed by atoms with Gasteiger partial charge in [0, 0.05) is 16.2 Å². The van der Waals surface area contributed by atoms with Crippen molar-refractivity contribution >= 4 is 69.3 Å². The predicted molar refractivity (Wildman–Crippen MR) is 425 cm³/mol. The summed E-state index contributed by atoms with van der Waals surface area (Å²) in [4.78, 5) is 0. The van der Waals surface area contributed by atoms with Crippen LogP contribution in [0.2, 0.25) is 0 Å². The van der Waals surface area contributed by atoms with Crippen molar-refractivity contribution in [2.75, 3.05) is 0 Å². The van der Waals surface area contributed by atoms with Crippen LogP contribution in [0.15, 0.2) is 127 Å². The Morgan fingerprint density at radius 3 is 0.521 bits per heavy atom. The Hall–Kier alpha value is -7.61. The zero-order valence-electron chi connectivity index (χ0n) is 63.1. The van der Waals surface area contributed by atoms with Crippen molar-refractivity contribution in [2.24, 2.45) is 0 Å². The number of hydrogen-bond donors (Lipinski definition) is 0. The van der Waals surface area contributed by atoms with Crippen molar-refractivity contribution < 1.29 is 0 Å². The molecule has 10 aromatic rings. The highest BCUT2D eigenvalue weighted by Gasteiger charge is 2.57. The molecule has 96 heavy (non-hydrogen) atoms. The third kappa shape index (κ3) is 9.81. The van der Waals surface area contributed by atoms with Crippen LogP contribution < -0.4 is 49.2 Å². The Bertz CT molecular complexity index is 4070. The molecule has 0 saturated heterocycles. The van der Waals surface area contributed by atoms with Gasteiger partial charge >= 0.3 is 0 Å². The molecule has 3 aliphatic carbocycles. The Morgan fingerprint density at radius 1 is 0.219 bits per heavy atom. The minimum atomic E-state index is -0.263. The van der Waals surface area contributed by atoms with Crippen LogP contribution in [-0.2, 0) is 16.2 Å². The van der Waals surface area contributed by atoms with E-state index in [1.807, 2.05) is 0 Å². The largest absolute Gasteiger partial charge is 0.242 e. The fraction of sp³-hybridized carbons (Fsp3) is 0.355. The second-order valence-electron chi connectivity index (χ2n) is 31.2. The Morgan fingerprint density at radius 2 is 0.375 bits per heavy atom. The molecule has 0 fully saturated rings. The van der Waals surface area contributed by atoms with E-state index in [0.29, 0.717) is 0 Å². The molecule has 0 radical (unpaired) electrons. The highest BCUT2D eigenvalue weighted by atomic mass is 14.6. The maximum Gasteiger partial charge on any atom is 0.242 e. The predicted octanol–water partition coefficient (Wildman–Crippen LogP) is 18.0. The van der Waals surface area contributed by atoms with Gasteiger partial charge in [0.2, 0.25) is 20.1 Å². The van der Waals surface area contributed by atoms with Crippen LogP contribution in [0.3, 0.4) is 0 Å². The van der Waals surface area contributed by atoms with Gasteiger partial charge in [0.05, 0.1) is 0 Å². The molecule has 486 valence electrons. The highest BCUT2D eigenvalue weighted by Crippen LogP contribution is 2.70. The van der Waals surface area contributed by atoms with Crippen molar-refractivity contribution in [3.05, 3.63) is 261 Å². The summed E-state index contributed by atoms with van der Waals surface area (Å²) < 4.78 is 0. The summed E-state index contributed by atoms with van der Waals surface area (Å²) in [5.41, 5.74) is 54.8. The maximum atomic E-state index is 2.78. The topological polar surface area (TPSA) is 0 Å². The van der Waals surface area contributed by atoms with Gasteiger partial charge in [-0.25, -0.2) is 0 Å². The molecule has 3 heteroatoms. The first-order valence-electron chi connectivity index (χ1n) is 36.9. The van der Waals surface area contributed by atoms with Gasteiger partial charge in [0.25, 0.3) is 0 Å². The van der Waals surface area contributed by atoms with Gasteiger partial charge < -0.3 is 0 Å². The number of fused-ring (bicyclic) bond motifs is 12. The van der Waals surface area contributed by atoms with Gasteiger partial charge in [-0.15, -0.1) is 0 Å². The van der Waals surface area contributed by atoms with E-state index >= 15 is 0 Å². The summed E-state index contributed by atoms with van der Waals surface area (Å²) in [6.45, 7) is 57.5. The van der Waals surface area contributed by atoms with Crippen LogP contribution in [0, 0.1) is 125 Å². The smallest absolute Gasteiger partial charge is 0.0680 e. The van der Waals surface area contributed by atoms with Crippen molar-refractivity contribution in [3.8, 4) is 33.4 Å². The third-order valence-corrected chi connectivity index (χ3v) is 25.2. The van der Waals surface area contributed by atoms with Crippen molar-refractivity contribution in [2.45, 2.75) is 221 Å². The van der Waals surface area contributed by atoms with E-state index in [1.54, 1.807) is 16.7 Å². The van der Waals surface area contributed by atoms with Gasteiger partial charge in [-0.1, -0.05) is 318 Å². The van der Waals surface area contributed by atoms with E-state index in [9.17, 15) is 0 Å². The summed E-state index contributed by atoms with van der Waals surface area (Å²) in [5, 5.41) is 0. The second-order valence-corrected chi connectivity index (χ2v) is 31.2. The molecule has 0 heterocycles. The molecule has 0 amide bonds. The lowest BCUT2D eigenvalue weighted by atomic mass is 9.34. The van der Waals surface area contributed by atoms with Crippen LogP contribution in [0.5, 0.6) is 0 Å². The van der Waals surface area contributed by atoms with Crippen LogP contribution in [-0.4, -0.2) is 20.1 Å². The minimum Gasteiger partial charge on any atom is -0.0680 e. The van der Waals surface area contributed by atoms with E-state index in [1.165, 1.54) is 199 Å². The molecule has 3 aliphatic rings. The van der Waals surface area contributed by atoms with E-state index in [4.69, 9.17) is 0 Å². The average molecular weight is 1260 g/mol. The highest BCUT2D eigenvalue weighted by molar-refractivity contribution is 6.98. The molecule has 10 aromatic carbocycles. The summed E-state index contributed by atoms with van der Waals surface area (Å²) in [6.07, 6.45) is 6.03. The van der Waals surface area contributed by atoms with Crippen molar-refractivity contribution in [1.29, 1.82) is 0 Å². The van der Waals surface area contributed by atoms with Gasteiger partial charge in [-0.2, -0.15) is 0 Å². The first kappa shape index (κ1) is 67.0. The minimum absolute atomic E-state index is 0.0391. The molecule has 0 aromatic heterocycles. The molecule has 13 rings (SSSR count). The number of hydrogen-bond acceptors (Lipinski definition) is 0. The lowest BCUT2D eigenvalue weighted by Crippen LogP contribution is -2.56. The fourth-order valence-electron chi connectivity index (χ4n) is 21.8. The maximum absolute atomic E-state index is 2.78. The SMILES string of the molecule is CCC1(CC)c2ccc(B(c3c(C)cc(C)cc3C)c3c(C)cc(C)cc3C)cc2-c2c1c1c(c3c2C(CC)(CC)c2ccc(B(c4c(C)cc(C)cc4C)c4c(C)cc(C)cc4C)cc2-3)C(CC)(CC)c2ccc(B(c3c(C)cc(C)cc3C)c3c(C)cc(C)cc3C)cc2-1. The van der Waals surface area contributed by atoms with Crippen LogP contribution in [0.1, 0.15) is 214 Å². The monoisotopic (exact) mass is 1250 g/mol. The van der Waals surface area contributed by atoms with E-state index in [-0.39, 0.29) is 36.4 Å². The molecular weight excluding hydrogens is 1150 g/mol. The first-order chi connectivity index (χ1) is 45.7. The molecule has 0 N–H and O–H groups in total. The van der Waals surface area contributed by atoms with Crippen LogP contribution >= 0.6 is 0 Å². The number of rotatable bonds is 15. The Balaban J connectivity index is 1.23. The van der Waals surface area contributed by atoms with Gasteiger partial charge in [0.1, 0.15) is 0 Å². The fourth-order valence-corrected chi connectivity index (χ4v) is 21.8. The Kier molecular flexibility index (Phi) is 17.0. The molecule has 0 saturated carbocycles. The van der Waals surface area contributed by atoms with Gasteiger partial charge in [0.15, 0.2) is 0 Å². The van der Waals surface area contributed by atoms with Gasteiger partial charge in [-0.3, -0.25) is 0 Å². The number of aryl methyl sites for hydroxylation is 18. The molecule has 0 aliphatic heterocycles. The van der Waals surface area contributed by atoms with Crippen LogP contribution in [0.25, 0.3) is 33.4 Å².